The van der Waals surface area contributed by atoms with Crippen LogP contribution in [0.25, 0.3) is 0 Å². The minimum Gasteiger partial charge on any atom is -0.388 e. The van der Waals surface area contributed by atoms with Crippen molar-refractivity contribution in [3.63, 3.8) is 0 Å². The van der Waals surface area contributed by atoms with Crippen molar-refractivity contribution in [1.82, 2.24) is 15.6 Å². The Morgan fingerprint density at radius 2 is 2.11 bits per heavy atom. The molecule has 0 saturated heterocycles. The number of carbonyl (C=O) groups is 1. The number of nitrogens with zero attached hydrogens (tertiary/aromatic N) is 1. The topological polar surface area (TPSA) is 74.2 Å². The third-order valence-electron chi connectivity index (χ3n) is 3.35. The first-order valence-corrected chi connectivity index (χ1v) is 6.80. The van der Waals surface area contributed by atoms with Crippen LogP contribution in [0.3, 0.4) is 0 Å². The monoisotopic (exact) mass is 283 g/mol. The summed E-state index contributed by atoms with van der Waals surface area (Å²) in [6, 6.07) is 3.20. The van der Waals surface area contributed by atoms with Crippen LogP contribution < -0.4 is 10.6 Å². The van der Waals surface area contributed by atoms with Crippen LogP contribution in [0.5, 0.6) is 0 Å². The first kappa shape index (κ1) is 14.1. The first-order chi connectivity index (χ1) is 9.07. The molecule has 1 aromatic heterocycles. The van der Waals surface area contributed by atoms with Crippen LogP contribution in [0.15, 0.2) is 18.3 Å². The van der Waals surface area contributed by atoms with Gasteiger partial charge < -0.3 is 15.7 Å². The summed E-state index contributed by atoms with van der Waals surface area (Å²) in [7, 11) is 0. The lowest BCUT2D eigenvalue weighted by molar-refractivity contribution is 0.0501. The van der Waals surface area contributed by atoms with Gasteiger partial charge in [-0.2, -0.15) is 0 Å². The van der Waals surface area contributed by atoms with Gasteiger partial charge in [0.15, 0.2) is 0 Å². The van der Waals surface area contributed by atoms with Crippen molar-refractivity contribution in [1.29, 1.82) is 0 Å². The Hall–Kier alpha value is -1.33. The molecule has 0 bridgehead atoms. The van der Waals surface area contributed by atoms with Crippen LogP contribution in [0.1, 0.15) is 31.2 Å². The molecule has 1 aromatic rings. The Morgan fingerprint density at radius 1 is 1.37 bits per heavy atom. The van der Waals surface area contributed by atoms with E-state index in [1.165, 1.54) is 0 Å². The van der Waals surface area contributed by atoms with E-state index in [-0.39, 0.29) is 6.03 Å². The van der Waals surface area contributed by atoms with E-state index in [0.29, 0.717) is 18.2 Å². The Morgan fingerprint density at radius 3 is 2.74 bits per heavy atom. The second kappa shape index (κ2) is 6.21. The van der Waals surface area contributed by atoms with Gasteiger partial charge in [0.1, 0.15) is 5.15 Å². The maximum absolute atomic E-state index is 11.6. The standard InChI is InChI=1S/C13H18ClN3O2/c14-11-4-3-10(7-15-11)8-16-12(18)17-9-13(19)5-1-2-6-13/h3-4,7,19H,1-2,5-6,8-9H2,(H2,16,17,18). The van der Waals surface area contributed by atoms with E-state index < -0.39 is 5.60 Å². The molecule has 3 N–H and O–H groups in total. The number of aromatic nitrogens is 1. The van der Waals surface area contributed by atoms with Crippen molar-refractivity contribution in [2.24, 2.45) is 0 Å². The lowest BCUT2D eigenvalue weighted by atomic mass is 10.0. The maximum atomic E-state index is 11.6. The van der Waals surface area contributed by atoms with Gasteiger partial charge in [0.05, 0.1) is 5.60 Å². The Balaban J connectivity index is 1.71. The smallest absolute Gasteiger partial charge is 0.315 e. The van der Waals surface area contributed by atoms with Gasteiger partial charge in [-0.3, -0.25) is 0 Å². The van der Waals surface area contributed by atoms with Crippen molar-refractivity contribution >= 4 is 17.6 Å². The third-order valence-corrected chi connectivity index (χ3v) is 3.58. The van der Waals surface area contributed by atoms with Crippen molar-refractivity contribution in [3.05, 3.63) is 29.0 Å². The van der Waals surface area contributed by atoms with E-state index in [4.69, 9.17) is 11.6 Å². The molecular weight excluding hydrogens is 266 g/mol. The predicted octanol–water partition coefficient (Wildman–Crippen LogP) is 1.84. The van der Waals surface area contributed by atoms with Crippen LogP contribution in [-0.4, -0.2) is 28.3 Å². The highest BCUT2D eigenvalue weighted by Gasteiger charge is 2.31. The van der Waals surface area contributed by atoms with Gasteiger partial charge in [-0.25, -0.2) is 9.78 Å². The normalized spacial score (nSPS) is 17.2. The van der Waals surface area contributed by atoms with E-state index in [1.54, 1.807) is 18.3 Å². The second-order valence-corrected chi connectivity index (χ2v) is 5.34. The van der Waals surface area contributed by atoms with Crippen molar-refractivity contribution in [3.8, 4) is 0 Å². The number of hydrogen-bond donors (Lipinski definition) is 3. The number of aliphatic hydroxyl groups is 1. The number of amides is 2. The summed E-state index contributed by atoms with van der Waals surface area (Å²) < 4.78 is 0. The summed E-state index contributed by atoms with van der Waals surface area (Å²) in [4.78, 5) is 15.5. The SMILES string of the molecule is O=C(NCc1ccc(Cl)nc1)NCC1(O)CCCC1. The largest absolute Gasteiger partial charge is 0.388 e. The molecule has 5 nitrogen and oxygen atoms in total. The number of halogens is 1. The van der Waals surface area contributed by atoms with E-state index in [9.17, 15) is 9.90 Å². The van der Waals surface area contributed by atoms with Crippen molar-refractivity contribution in [2.75, 3.05) is 6.54 Å². The van der Waals surface area contributed by atoms with Gasteiger partial charge >= 0.3 is 6.03 Å². The van der Waals surface area contributed by atoms with Crippen molar-refractivity contribution in [2.45, 2.75) is 37.8 Å². The fourth-order valence-corrected chi connectivity index (χ4v) is 2.32. The van der Waals surface area contributed by atoms with Gasteiger partial charge in [0.25, 0.3) is 0 Å². The molecule has 6 heteroatoms. The number of nitrogens with one attached hydrogen (secondary N) is 2. The van der Waals surface area contributed by atoms with E-state index in [0.717, 1.165) is 31.2 Å². The van der Waals surface area contributed by atoms with Crippen LogP contribution in [0.4, 0.5) is 4.79 Å². The van der Waals surface area contributed by atoms with Crippen LogP contribution in [0, 0.1) is 0 Å². The van der Waals surface area contributed by atoms with Gasteiger partial charge in [-0.05, 0) is 24.5 Å². The molecule has 19 heavy (non-hydrogen) atoms. The Labute approximate surface area is 117 Å². The molecule has 1 aliphatic carbocycles. The minimum atomic E-state index is -0.723. The number of carbonyl (C=O) groups excluding carboxylic acids is 1. The molecule has 1 saturated carbocycles. The Kier molecular flexibility index (Phi) is 4.61. The highest BCUT2D eigenvalue weighted by molar-refractivity contribution is 6.29. The molecule has 0 aromatic carbocycles. The summed E-state index contributed by atoms with van der Waals surface area (Å²) >= 11 is 5.67. The molecule has 0 radical (unpaired) electrons. The van der Waals surface area contributed by atoms with Gasteiger partial charge in [0, 0.05) is 19.3 Å². The molecule has 1 aliphatic rings. The second-order valence-electron chi connectivity index (χ2n) is 4.96. The molecule has 1 heterocycles. The first-order valence-electron chi connectivity index (χ1n) is 6.42. The predicted molar refractivity (Wildman–Crippen MR) is 72.9 cm³/mol. The molecule has 0 atom stereocenters. The number of rotatable bonds is 4. The lowest BCUT2D eigenvalue weighted by Crippen LogP contribution is -2.44. The Bertz CT molecular complexity index is 430. The summed E-state index contributed by atoms with van der Waals surface area (Å²) in [6.45, 7) is 0.687. The van der Waals surface area contributed by atoms with Gasteiger partial charge in [0.2, 0.25) is 0 Å². The zero-order chi connectivity index (χ0) is 13.7. The fraction of sp³-hybridized carbons (Fsp3) is 0.538. The van der Waals surface area contributed by atoms with Crippen molar-refractivity contribution < 1.29 is 9.90 Å². The zero-order valence-corrected chi connectivity index (χ0v) is 11.4. The zero-order valence-electron chi connectivity index (χ0n) is 10.7. The van der Waals surface area contributed by atoms with Gasteiger partial charge in [-0.1, -0.05) is 30.5 Å². The van der Waals surface area contributed by atoms with E-state index in [2.05, 4.69) is 15.6 Å². The molecule has 104 valence electrons. The molecular formula is C13H18ClN3O2. The number of pyridine rings is 1. The molecule has 0 aliphatic heterocycles. The molecule has 2 amide bonds. The van der Waals surface area contributed by atoms with Gasteiger partial charge in [-0.15, -0.1) is 0 Å². The van der Waals surface area contributed by atoms with Crippen LogP contribution in [0.2, 0.25) is 5.15 Å². The molecule has 2 rings (SSSR count). The minimum absolute atomic E-state index is 0.282. The average molecular weight is 284 g/mol. The summed E-state index contributed by atoms with van der Waals surface area (Å²) in [5.41, 5.74) is 0.151. The molecule has 0 spiro atoms. The van der Waals surface area contributed by atoms with E-state index >= 15 is 0 Å². The molecule has 0 unspecified atom stereocenters. The summed E-state index contributed by atoms with van der Waals surface area (Å²) in [5.74, 6) is 0. The quantitative estimate of drug-likeness (QED) is 0.738. The van der Waals surface area contributed by atoms with Crippen LogP contribution in [-0.2, 0) is 6.54 Å². The maximum Gasteiger partial charge on any atom is 0.315 e. The highest BCUT2D eigenvalue weighted by atomic mass is 35.5. The fourth-order valence-electron chi connectivity index (χ4n) is 2.21. The van der Waals surface area contributed by atoms with Crippen LogP contribution >= 0.6 is 11.6 Å². The highest BCUT2D eigenvalue weighted by Crippen LogP contribution is 2.28. The van der Waals surface area contributed by atoms with E-state index in [1.807, 2.05) is 0 Å². The summed E-state index contributed by atoms with van der Waals surface area (Å²) in [5, 5.41) is 15.9. The number of urea groups is 1. The molecule has 1 fully saturated rings. The average Bonchev–Trinajstić information content (AvgIpc) is 2.83. The third kappa shape index (κ3) is 4.36. The lowest BCUT2D eigenvalue weighted by Gasteiger charge is -2.22. The summed E-state index contributed by atoms with van der Waals surface area (Å²) in [6.07, 6.45) is 5.18. The number of hydrogen-bond acceptors (Lipinski definition) is 3.